The fourth-order valence-corrected chi connectivity index (χ4v) is 2.34. The molecule has 1 aliphatic rings. The maximum Gasteiger partial charge on any atom is 0.332 e. The highest BCUT2D eigenvalue weighted by molar-refractivity contribution is 5.95. The summed E-state index contributed by atoms with van der Waals surface area (Å²) in [5.41, 5.74) is 1.81. The van der Waals surface area contributed by atoms with Gasteiger partial charge in [0.2, 0.25) is 0 Å². The van der Waals surface area contributed by atoms with Gasteiger partial charge in [0.25, 0.3) is 5.91 Å². The molecule has 20 heavy (non-hydrogen) atoms. The van der Waals surface area contributed by atoms with Crippen molar-refractivity contribution < 1.29 is 19.4 Å². The van der Waals surface area contributed by atoms with Crippen LogP contribution in [0.1, 0.15) is 38.2 Å². The normalized spacial score (nSPS) is 21.9. The molecule has 2 atom stereocenters. The molecule has 2 N–H and O–H groups in total. The van der Waals surface area contributed by atoms with Gasteiger partial charge in [-0.1, -0.05) is 32.0 Å². The number of ether oxygens (including phenoxy) is 1. The Hall–Kier alpha value is -1.88. The summed E-state index contributed by atoms with van der Waals surface area (Å²) in [4.78, 5) is 22.9. The minimum absolute atomic E-state index is 0.276. The van der Waals surface area contributed by atoms with Crippen molar-refractivity contribution in [2.45, 2.75) is 44.8 Å². The number of carboxylic acids is 1. The van der Waals surface area contributed by atoms with E-state index in [1.165, 1.54) is 0 Å². The lowest BCUT2D eigenvalue weighted by Gasteiger charge is -2.16. The largest absolute Gasteiger partial charge is 0.479 e. The molecule has 0 spiro atoms. The number of benzene rings is 1. The predicted molar refractivity (Wildman–Crippen MR) is 74.7 cm³/mol. The van der Waals surface area contributed by atoms with Crippen molar-refractivity contribution in [1.29, 1.82) is 0 Å². The predicted octanol–water partition coefficient (Wildman–Crippen LogP) is 2.38. The van der Waals surface area contributed by atoms with E-state index in [-0.39, 0.29) is 5.91 Å². The molecule has 0 bridgehead atoms. The number of carbonyl (C=O) groups is 2. The first-order valence-electron chi connectivity index (χ1n) is 6.77. The van der Waals surface area contributed by atoms with Crippen molar-refractivity contribution in [1.82, 2.24) is 0 Å². The first kappa shape index (κ1) is 14.5. The second kappa shape index (κ2) is 6.05. The third kappa shape index (κ3) is 3.17. The third-order valence-electron chi connectivity index (χ3n) is 3.43. The highest BCUT2D eigenvalue weighted by Gasteiger charge is 2.34. The zero-order chi connectivity index (χ0) is 14.7. The molecule has 5 heteroatoms. The summed E-state index contributed by atoms with van der Waals surface area (Å²) in [5, 5.41) is 11.7. The van der Waals surface area contributed by atoms with Gasteiger partial charge in [-0.25, -0.2) is 4.79 Å². The van der Waals surface area contributed by atoms with E-state index in [0.29, 0.717) is 18.8 Å². The van der Waals surface area contributed by atoms with Gasteiger partial charge in [0, 0.05) is 5.69 Å². The van der Waals surface area contributed by atoms with Crippen LogP contribution in [0.2, 0.25) is 0 Å². The van der Waals surface area contributed by atoms with E-state index in [1.807, 2.05) is 24.3 Å². The van der Waals surface area contributed by atoms with Crippen LogP contribution in [-0.4, -0.2) is 29.2 Å². The summed E-state index contributed by atoms with van der Waals surface area (Å²) < 4.78 is 5.25. The van der Waals surface area contributed by atoms with Gasteiger partial charge in [-0.15, -0.1) is 0 Å². The van der Waals surface area contributed by atoms with Gasteiger partial charge in [0.05, 0.1) is 0 Å². The van der Waals surface area contributed by atoms with Gasteiger partial charge < -0.3 is 15.2 Å². The van der Waals surface area contributed by atoms with Crippen LogP contribution in [0.5, 0.6) is 0 Å². The van der Waals surface area contributed by atoms with Crippen LogP contribution >= 0.6 is 0 Å². The fourth-order valence-electron chi connectivity index (χ4n) is 2.34. The molecule has 1 aliphatic heterocycles. The molecule has 0 radical (unpaired) electrons. The molecule has 5 nitrogen and oxygen atoms in total. The average Bonchev–Trinajstić information content (AvgIpc) is 2.89. The third-order valence-corrected chi connectivity index (χ3v) is 3.43. The smallest absolute Gasteiger partial charge is 0.332 e. The van der Waals surface area contributed by atoms with Crippen LogP contribution < -0.4 is 5.32 Å². The number of nitrogens with one attached hydrogen (secondary N) is 1. The number of carbonyl (C=O) groups excluding carboxylic acids is 1. The molecular weight excluding hydrogens is 258 g/mol. The van der Waals surface area contributed by atoms with E-state index in [1.54, 1.807) is 0 Å². The van der Waals surface area contributed by atoms with Gasteiger partial charge in [-0.2, -0.15) is 0 Å². The quantitative estimate of drug-likeness (QED) is 0.886. The molecule has 0 saturated carbocycles. The van der Waals surface area contributed by atoms with E-state index in [4.69, 9.17) is 9.84 Å². The van der Waals surface area contributed by atoms with E-state index in [9.17, 15) is 9.59 Å². The molecule has 1 heterocycles. The Morgan fingerprint density at radius 2 is 1.90 bits per heavy atom. The van der Waals surface area contributed by atoms with Gasteiger partial charge in [-0.05, 0) is 30.4 Å². The molecule has 1 amide bonds. The first-order valence-corrected chi connectivity index (χ1v) is 6.77. The van der Waals surface area contributed by atoms with Crippen LogP contribution in [0.25, 0.3) is 0 Å². The summed E-state index contributed by atoms with van der Waals surface area (Å²) in [7, 11) is 0. The molecule has 0 unspecified atom stereocenters. The lowest BCUT2D eigenvalue weighted by Crippen LogP contribution is -2.30. The Kier molecular flexibility index (Phi) is 4.39. The van der Waals surface area contributed by atoms with Crippen LogP contribution in [0.4, 0.5) is 5.69 Å². The lowest BCUT2D eigenvalue weighted by molar-refractivity contribution is -0.150. The van der Waals surface area contributed by atoms with Gasteiger partial charge in [0.1, 0.15) is 6.10 Å². The first-order chi connectivity index (χ1) is 9.49. The SMILES string of the molecule is CC(C)c1ccccc1NC(=O)[C@@H]1CC[C@H](C(=O)O)O1. The number of hydrogen-bond acceptors (Lipinski definition) is 3. The Bertz CT molecular complexity index is 512. The summed E-state index contributed by atoms with van der Waals surface area (Å²) in [5.74, 6) is -0.993. The molecule has 0 aromatic heterocycles. The molecule has 108 valence electrons. The summed E-state index contributed by atoms with van der Waals surface area (Å²) >= 11 is 0. The van der Waals surface area contributed by atoms with Crippen molar-refractivity contribution in [3.05, 3.63) is 29.8 Å². The molecule has 1 saturated heterocycles. The summed E-state index contributed by atoms with van der Waals surface area (Å²) in [6.07, 6.45) is -0.742. The number of anilines is 1. The maximum atomic E-state index is 12.1. The minimum atomic E-state index is -1.01. The molecule has 1 aromatic rings. The van der Waals surface area contributed by atoms with E-state index >= 15 is 0 Å². The van der Waals surface area contributed by atoms with Gasteiger partial charge in [0.15, 0.2) is 6.10 Å². The van der Waals surface area contributed by atoms with Crippen LogP contribution in [0.3, 0.4) is 0 Å². The molecule has 1 fully saturated rings. The van der Waals surface area contributed by atoms with E-state index in [0.717, 1.165) is 11.3 Å². The fraction of sp³-hybridized carbons (Fsp3) is 0.467. The van der Waals surface area contributed by atoms with Gasteiger partial charge >= 0.3 is 5.97 Å². The molecule has 1 aromatic carbocycles. The Balaban J connectivity index is 2.04. The standard InChI is InChI=1S/C15H19NO4/c1-9(2)10-5-3-4-6-11(10)16-14(17)12-7-8-13(20-12)15(18)19/h3-6,9,12-13H,7-8H2,1-2H3,(H,16,17)(H,18,19)/t12-,13+/m0/s1. The van der Waals surface area contributed by atoms with Crippen molar-refractivity contribution in [3.63, 3.8) is 0 Å². The Morgan fingerprint density at radius 3 is 2.50 bits per heavy atom. The number of hydrogen-bond donors (Lipinski definition) is 2. The number of rotatable bonds is 4. The van der Waals surface area contributed by atoms with Crippen LogP contribution in [0, 0.1) is 0 Å². The lowest BCUT2D eigenvalue weighted by atomic mass is 10.0. The number of para-hydroxylation sites is 1. The highest BCUT2D eigenvalue weighted by atomic mass is 16.5. The molecule has 2 rings (SSSR count). The van der Waals surface area contributed by atoms with E-state index in [2.05, 4.69) is 19.2 Å². The summed E-state index contributed by atoms with van der Waals surface area (Å²) in [6, 6.07) is 7.60. The highest BCUT2D eigenvalue weighted by Crippen LogP contribution is 2.26. The molecular formula is C15H19NO4. The van der Waals surface area contributed by atoms with Crippen molar-refractivity contribution in [3.8, 4) is 0 Å². The van der Waals surface area contributed by atoms with Crippen molar-refractivity contribution in [2.75, 3.05) is 5.32 Å². The topological polar surface area (TPSA) is 75.6 Å². The van der Waals surface area contributed by atoms with E-state index < -0.39 is 18.2 Å². The van der Waals surface area contributed by atoms with Crippen molar-refractivity contribution in [2.24, 2.45) is 0 Å². The monoisotopic (exact) mass is 277 g/mol. The summed E-state index contributed by atoms with van der Waals surface area (Å²) in [6.45, 7) is 4.11. The second-order valence-corrected chi connectivity index (χ2v) is 5.26. The van der Waals surface area contributed by atoms with Crippen molar-refractivity contribution >= 4 is 17.6 Å². The zero-order valence-electron chi connectivity index (χ0n) is 11.6. The Morgan fingerprint density at radius 1 is 1.25 bits per heavy atom. The molecule has 0 aliphatic carbocycles. The zero-order valence-corrected chi connectivity index (χ0v) is 11.6. The van der Waals surface area contributed by atoms with Crippen LogP contribution in [0.15, 0.2) is 24.3 Å². The number of amides is 1. The number of aliphatic carboxylic acids is 1. The second-order valence-electron chi connectivity index (χ2n) is 5.26. The minimum Gasteiger partial charge on any atom is -0.479 e. The Labute approximate surface area is 117 Å². The number of carboxylic acid groups (broad SMARTS) is 1. The average molecular weight is 277 g/mol. The van der Waals surface area contributed by atoms with Gasteiger partial charge in [-0.3, -0.25) is 4.79 Å². The maximum absolute atomic E-state index is 12.1. The van der Waals surface area contributed by atoms with Crippen LogP contribution in [-0.2, 0) is 14.3 Å².